The number of allylic oxidation sites excluding steroid dienone is 2. The summed E-state index contributed by atoms with van der Waals surface area (Å²) in [6.45, 7) is 2.32. The molecule has 15 heavy (non-hydrogen) atoms. The molecule has 2 rings (SSSR count). The van der Waals surface area contributed by atoms with Crippen molar-refractivity contribution in [1.29, 1.82) is 0 Å². The van der Waals surface area contributed by atoms with Gasteiger partial charge in [0.15, 0.2) is 0 Å². The normalized spacial score (nSPS) is 20.7. The van der Waals surface area contributed by atoms with Gasteiger partial charge in [0.05, 0.1) is 0 Å². The van der Waals surface area contributed by atoms with Gasteiger partial charge in [-0.3, -0.25) is 0 Å². The summed E-state index contributed by atoms with van der Waals surface area (Å²) in [6, 6.07) is 4.35. The average Bonchev–Trinajstić information content (AvgIpc) is 2.79. The Labute approximate surface area is 96.2 Å². The number of thiophene rings is 1. The van der Waals surface area contributed by atoms with Crippen LogP contribution in [0.3, 0.4) is 0 Å². The van der Waals surface area contributed by atoms with Crippen LogP contribution in [0.25, 0.3) is 0 Å². The molecule has 82 valence electrons. The van der Waals surface area contributed by atoms with E-state index in [0.29, 0.717) is 0 Å². The highest BCUT2D eigenvalue weighted by Crippen LogP contribution is 2.16. The lowest BCUT2D eigenvalue weighted by Gasteiger charge is -2.17. The molecule has 2 heteroatoms. The molecule has 1 aliphatic rings. The topological polar surface area (TPSA) is 12.0 Å². The van der Waals surface area contributed by atoms with Gasteiger partial charge in [-0.15, -0.1) is 11.3 Å². The second kappa shape index (κ2) is 6.09. The molecule has 1 heterocycles. The van der Waals surface area contributed by atoms with E-state index in [-0.39, 0.29) is 0 Å². The first-order valence-corrected chi connectivity index (χ1v) is 6.71. The lowest BCUT2D eigenvalue weighted by atomic mass is 9.94. The summed E-state index contributed by atoms with van der Waals surface area (Å²) in [7, 11) is 0. The molecule has 0 spiro atoms. The average molecular weight is 221 g/mol. The van der Waals surface area contributed by atoms with Crippen LogP contribution in [0, 0.1) is 5.92 Å². The van der Waals surface area contributed by atoms with Crippen molar-refractivity contribution in [2.24, 2.45) is 5.92 Å². The summed E-state index contributed by atoms with van der Waals surface area (Å²) < 4.78 is 0. The van der Waals surface area contributed by atoms with E-state index < -0.39 is 0 Å². The fraction of sp³-hybridized carbons (Fsp3) is 0.538. The van der Waals surface area contributed by atoms with Crippen LogP contribution >= 0.6 is 11.3 Å². The van der Waals surface area contributed by atoms with Crippen LogP contribution in [-0.2, 0) is 6.42 Å². The highest BCUT2D eigenvalue weighted by molar-refractivity contribution is 7.09. The van der Waals surface area contributed by atoms with Gasteiger partial charge < -0.3 is 5.32 Å². The Kier molecular flexibility index (Phi) is 4.42. The summed E-state index contributed by atoms with van der Waals surface area (Å²) >= 11 is 1.86. The van der Waals surface area contributed by atoms with Crippen LogP contribution in [0.1, 0.15) is 24.1 Å². The summed E-state index contributed by atoms with van der Waals surface area (Å²) in [5.41, 5.74) is 0. The minimum Gasteiger partial charge on any atom is -0.316 e. The largest absolute Gasteiger partial charge is 0.316 e. The molecule has 1 N–H and O–H groups in total. The fourth-order valence-corrected chi connectivity index (χ4v) is 2.72. The van der Waals surface area contributed by atoms with E-state index >= 15 is 0 Å². The fourth-order valence-electron chi connectivity index (χ4n) is 2.01. The zero-order chi connectivity index (χ0) is 10.3. The Hall–Kier alpha value is -0.600. The molecule has 0 amide bonds. The first kappa shape index (κ1) is 10.9. The monoisotopic (exact) mass is 221 g/mol. The third-order valence-electron chi connectivity index (χ3n) is 2.94. The van der Waals surface area contributed by atoms with Crippen molar-refractivity contribution in [2.45, 2.75) is 25.7 Å². The van der Waals surface area contributed by atoms with E-state index in [1.807, 2.05) is 11.3 Å². The summed E-state index contributed by atoms with van der Waals surface area (Å²) in [4.78, 5) is 1.49. The molecular formula is C13H19NS. The Balaban J connectivity index is 1.57. The zero-order valence-electron chi connectivity index (χ0n) is 9.11. The molecule has 1 nitrogen and oxygen atoms in total. The minimum absolute atomic E-state index is 0.873. The van der Waals surface area contributed by atoms with Crippen LogP contribution in [0.2, 0.25) is 0 Å². The van der Waals surface area contributed by atoms with Crippen LogP contribution < -0.4 is 5.32 Å². The molecule has 0 fully saturated rings. The molecule has 0 radical (unpaired) electrons. The second-order valence-corrected chi connectivity index (χ2v) is 5.22. The van der Waals surface area contributed by atoms with Gasteiger partial charge >= 0.3 is 0 Å². The highest BCUT2D eigenvalue weighted by atomic mass is 32.1. The lowest BCUT2D eigenvalue weighted by Crippen LogP contribution is -2.25. The number of rotatable bonds is 5. The zero-order valence-corrected chi connectivity index (χ0v) is 9.93. The number of nitrogens with one attached hydrogen (secondary N) is 1. The van der Waals surface area contributed by atoms with Gasteiger partial charge in [0.2, 0.25) is 0 Å². The van der Waals surface area contributed by atoms with Crippen molar-refractivity contribution in [1.82, 2.24) is 5.32 Å². The Bertz CT molecular complexity index is 289. The maximum atomic E-state index is 3.57. The third-order valence-corrected chi connectivity index (χ3v) is 3.88. The van der Waals surface area contributed by atoms with Crippen LogP contribution in [0.5, 0.6) is 0 Å². The van der Waals surface area contributed by atoms with Crippen molar-refractivity contribution in [3.63, 3.8) is 0 Å². The SMILES string of the molecule is C1=CC[C@H](CNCCc2cccs2)CC1. The van der Waals surface area contributed by atoms with Gasteiger partial charge in [-0.25, -0.2) is 0 Å². The second-order valence-electron chi connectivity index (χ2n) is 4.18. The predicted molar refractivity (Wildman–Crippen MR) is 67.4 cm³/mol. The van der Waals surface area contributed by atoms with Gasteiger partial charge in [0.1, 0.15) is 0 Å². The van der Waals surface area contributed by atoms with Crippen molar-refractivity contribution < 1.29 is 0 Å². The van der Waals surface area contributed by atoms with Crippen LogP contribution in [0.15, 0.2) is 29.7 Å². The summed E-state index contributed by atoms with van der Waals surface area (Å²) in [5, 5.41) is 5.72. The lowest BCUT2D eigenvalue weighted by molar-refractivity contribution is 0.443. The molecule has 1 aliphatic carbocycles. The van der Waals surface area contributed by atoms with E-state index in [0.717, 1.165) is 12.5 Å². The number of hydrogen-bond acceptors (Lipinski definition) is 2. The van der Waals surface area contributed by atoms with Gasteiger partial charge in [0, 0.05) is 4.88 Å². The minimum atomic E-state index is 0.873. The van der Waals surface area contributed by atoms with Gasteiger partial charge in [-0.05, 0) is 56.1 Å². The molecule has 0 saturated carbocycles. The first-order valence-electron chi connectivity index (χ1n) is 5.83. The Morgan fingerprint density at radius 1 is 1.40 bits per heavy atom. The van der Waals surface area contributed by atoms with E-state index in [4.69, 9.17) is 0 Å². The molecule has 1 atom stereocenters. The summed E-state index contributed by atoms with van der Waals surface area (Å²) in [5.74, 6) is 0.873. The van der Waals surface area contributed by atoms with Gasteiger partial charge in [-0.1, -0.05) is 18.2 Å². The van der Waals surface area contributed by atoms with Crippen molar-refractivity contribution in [3.05, 3.63) is 34.5 Å². The van der Waals surface area contributed by atoms with Crippen LogP contribution in [-0.4, -0.2) is 13.1 Å². The Morgan fingerprint density at radius 2 is 2.40 bits per heavy atom. The van der Waals surface area contributed by atoms with Crippen LogP contribution in [0.4, 0.5) is 0 Å². The predicted octanol–water partition coefficient (Wildman–Crippen LogP) is 3.24. The first-order chi connectivity index (χ1) is 7.45. The molecule has 1 aromatic rings. The van der Waals surface area contributed by atoms with Crippen molar-refractivity contribution in [2.75, 3.05) is 13.1 Å². The van der Waals surface area contributed by atoms with Gasteiger partial charge in [-0.2, -0.15) is 0 Å². The molecule has 0 saturated heterocycles. The third kappa shape index (κ3) is 3.80. The van der Waals surface area contributed by atoms with Crippen molar-refractivity contribution >= 4 is 11.3 Å². The maximum Gasteiger partial charge on any atom is 0.00578 e. The van der Waals surface area contributed by atoms with E-state index in [9.17, 15) is 0 Å². The smallest absolute Gasteiger partial charge is 0.00578 e. The Morgan fingerprint density at radius 3 is 3.13 bits per heavy atom. The van der Waals surface area contributed by atoms with Gasteiger partial charge in [0.25, 0.3) is 0 Å². The number of hydrogen-bond donors (Lipinski definition) is 1. The molecule has 0 bridgehead atoms. The molecule has 0 aromatic carbocycles. The molecule has 1 aromatic heterocycles. The van der Waals surface area contributed by atoms with E-state index in [2.05, 4.69) is 35.0 Å². The molecule has 0 unspecified atom stereocenters. The standard InChI is InChI=1S/C13H19NS/c1-2-5-12(6-3-1)11-14-9-8-13-7-4-10-15-13/h1-2,4,7,10,12,14H,3,5-6,8-9,11H2/t12-/m0/s1. The highest BCUT2D eigenvalue weighted by Gasteiger charge is 2.08. The van der Waals surface area contributed by atoms with E-state index in [1.54, 1.807) is 0 Å². The maximum absolute atomic E-state index is 3.57. The summed E-state index contributed by atoms with van der Waals surface area (Å²) in [6.07, 6.45) is 9.73. The quantitative estimate of drug-likeness (QED) is 0.594. The van der Waals surface area contributed by atoms with E-state index in [1.165, 1.54) is 37.1 Å². The molecular weight excluding hydrogens is 202 g/mol. The van der Waals surface area contributed by atoms with Crippen molar-refractivity contribution in [3.8, 4) is 0 Å². The molecule has 0 aliphatic heterocycles.